The molecule has 2 fully saturated rings. The number of ether oxygens (including phenoxy) is 5. The first-order chi connectivity index (χ1) is 20.4. The second-order valence-electron chi connectivity index (χ2n) is 11.0. The molecule has 10 heteroatoms. The highest BCUT2D eigenvalue weighted by atomic mass is 16.6. The molecule has 3 aliphatic heterocycles. The van der Waals surface area contributed by atoms with Gasteiger partial charge in [-0.25, -0.2) is 0 Å². The molecule has 1 atom stereocenters. The molecule has 0 radical (unpaired) electrons. The van der Waals surface area contributed by atoms with Crippen LogP contribution in [0.15, 0.2) is 42.0 Å². The molecule has 0 aromatic heterocycles. The fourth-order valence-corrected chi connectivity index (χ4v) is 5.36. The van der Waals surface area contributed by atoms with E-state index in [4.69, 9.17) is 23.7 Å². The maximum Gasteiger partial charge on any atom is 0.295 e. The average Bonchev–Trinajstić information content (AvgIpc) is 3.25. The average molecular weight is 581 g/mol. The summed E-state index contributed by atoms with van der Waals surface area (Å²) in [6.07, 6.45) is 0.893. The van der Waals surface area contributed by atoms with Crippen molar-refractivity contribution in [1.29, 1.82) is 0 Å². The van der Waals surface area contributed by atoms with Gasteiger partial charge in [-0.2, -0.15) is 0 Å². The smallest absolute Gasteiger partial charge is 0.295 e. The summed E-state index contributed by atoms with van der Waals surface area (Å²) in [7, 11) is 0. The summed E-state index contributed by atoms with van der Waals surface area (Å²) in [5.41, 5.74) is 1.04. The van der Waals surface area contributed by atoms with Crippen LogP contribution in [0.3, 0.4) is 0 Å². The van der Waals surface area contributed by atoms with Gasteiger partial charge in [-0.1, -0.05) is 19.9 Å². The SMILES string of the molecule is CCOc1cc(C2C(=C(O)c3ccc4c(c3)OCCO4)C(=O)C(=O)N2CCN2CCOCC2)ccc1OCCC(C)C. The monoisotopic (exact) mass is 580 g/mol. The van der Waals surface area contributed by atoms with Gasteiger partial charge in [0.1, 0.15) is 19.0 Å². The van der Waals surface area contributed by atoms with Crippen molar-refractivity contribution in [1.82, 2.24) is 9.80 Å². The molecule has 2 saturated heterocycles. The zero-order chi connectivity index (χ0) is 29.6. The number of rotatable bonds is 11. The standard InChI is InChI=1S/C32H40N2O8/c1-4-39-26-19-22(5-7-24(26)40-14-9-21(2)3)29-28(30(35)23-6-8-25-27(20-23)42-18-17-41-25)31(36)32(37)34(29)11-10-33-12-15-38-16-13-33/h5-8,19-21,29,35H,4,9-18H2,1-3H3. The number of hydrogen-bond acceptors (Lipinski definition) is 9. The third-order valence-corrected chi connectivity index (χ3v) is 7.65. The number of nitrogens with zero attached hydrogens (tertiary/aromatic N) is 2. The Balaban J connectivity index is 1.54. The third-order valence-electron chi connectivity index (χ3n) is 7.65. The molecule has 3 heterocycles. The number of amides is 1. The molecule has 2 aromatic rings. The highest BCUT2D eigenvalue weighted by Gasteiger charge is 2.46. The van der Waals surface area contributed by atoms with Crippen LogP contribution in [0.1, 0.15) is 44.4 Å². The van der Waals surface area contributed by atoms with Crippen LogP contribution in [0.2, 0.25) is 0 Å². The molecule has 1 unspecified atom stereocenters. The van der Waals surface area contributed by atoms with Gasteiger partial charge in [0.05, 0.1) is 38.0 Å². The van der Waals surface area contributed by atoms with E-state index in [1.54, 1.807) is 23.1 Å². The van der Waals surface area contributed by atoms with Gasteiger partial charge >= 0.3 is 0 Å². The Kier molecular flexibility index (Phi) is 9.54. The van der Waals surface area contributed by atoms with Crippen molar-refractivity contribution in [3.63, 3.8) is 0 Å². The minimum absolute atomic E-state index is 0.0228. The van der Waals surface area contributed by atoms with Crippen LogP contribution in [0.4, 0.5) is 0 Å². The molecule has 3 aliphatic rings. The van der Waals surface area contributed by atoms with Gasteiger partial charge < -0.3 is 33.7 Å². The van der Waals surface area contributed by atoms with Crippen LogP contribution in [0.5, 0.6) is 23.0 Å². The van der Waals surface area contributed by atoms with Crippen molar-refractivity contribution >= 4 is 17.4 Å². The number of aliphatic hydroxyl groups excluding tert-OH is 1. The summed E-state index contributed by atoms with van der Waals surface area (Å²) < 4.78 is 28.7. The Hall–Kier alpha value is -3.76. The van der Waals surface area contributed by atoms with E-state index in [-0.39, 0.29) is 11.3 Å². The summed E-state index contributed by atoms with van der Waals surface area (Å²) in [6.45, 7) is 11.6. The van der Waals surface area contributed by atoms with E-state index >= 15 is 0 Å². The van der Waals surface area contributed by atoms with Gasteiger partial charge in [0.25, 0.3) is 11.7 Å². The first-order valence-corrected chi connectivity index (χ1v) is 14.8. The second kappa shape index (κ2) is 13.5. The molecule has 5 rings (SSSR count). The molecule has 1 amide bonds. The predicted octanol–water partition coefficient (Wildman–Crippen LogP) is 4.04. The van der Waals surface area contributed by atoms with Crippen molar-refractivity contribution in [3.8, 4) is 23.0 Å². The van der Waals surface area contributed by atoms with Crippen LogP contribution in [-0.2, 0) is 14.3 Å². The molecule has 1 N–H and O–H groups in total. The van der Waals surface area contributed by atoms with Crippen LogP contribution < -0.4 is 18.9 Å². The number of ketones is 1. The topological polar surface area (TPSA) is 107 Å². The molecular formula is C32H40N2O8. The van der Waals surface area contributed by atoms with Crippen LogP contribution in [-0.4, -0.2) is 92.4 Å². The minimum Gasteiger partial charge on any atom is -0.507 e. The number of hydrogen-bond donors (Lipinski definition) is 1. The molecule has 226 valence electrons. The lowest BCUT2D eigenvalue weighted by Gasteiger charge is -2.31. The first kappa shape index (κ1) is 29.7. The highest BCUT2D eigenvalue weighted by molar-refractivity contribution is 6.46. The van der Waals surface area contributed by atoms with Crippen molar-refractivity contribution in [3.05, 3.63) is 53.1 Å². The van der Waals surface area contributed by atoms with Crippen LogP contribution >= 0.6 is 0 Å². The number of benzene rings is 2. The molecule has 2 aromatic carbocycles. The molecule has 0 spiro atoms. The van der Waals surface area contributed by atoms with E-state index in [0.717, 1.165) is 19.5 Å². The zero-order valence-corrected chi connectivity index (χ0v) is 24.6. The summed E-state index contributed by atoms with van der Waals surface area (Å²) >= 11 is 0. The second-order valence-corrected chi connectivity index (χ2v) is 11.0. The van der Waals surface area contributed by atoms with E-state index in [1.165, 1.54) is 0 Å². The maximum atomic E-state index is 13.6. The summed E-state index contributed by atoms with van der Waals surface area (Å²) in [5, 5.41) is 11.6. The fraction of sp³-hybridized carbons (Fsp3) is 0.500. The van der Waals surface area contributed by atoms with Gasteiger partial charge in [-0.3, -0.25) is 14.5 Å². The van der Waals surface area contributed by atoms with Crippen molar-refractivity contribution < 1.29 is 38.4 Å². The Morgan fingerprint density at radius 1 is 0.952 bits per heavy atom. The number of aliphatic hydroxyl groups is 1. The highest BCUT2D eigenvalue weighted by Crippen LogP contribution is 2.43. The maximum absolute atomic E-state index is 13.6. The quantitative estimate of drug-likeness (QED) is 0.239. The Bertz CT molecular complexity index is 1320. The lowest BCUT2D eigenvalue weighted by atomic mass is 9.94. The molecular weight excluding hydrogens is 540 g/mol. The number of carbonyl (C=O) groups is 2. The number of likely N-dealkylation sites (tertiary alicyclic amines) is 1. The number of carbonyl (C=O) groups excluding carboxylic acids is 2. The number of morpholine rings is 1. The zero-order valence-electron chi connectivity index (χ0n) is 24.6. The fourth-order valence-electron chi connectivity index (χ4n) is 5.36. The summed E-state index contributed by atoms with van der Waals surface area (Å²) in [4.78, 5) is 30.8. The van der Waals surface area contributed by atoms with E-state index < -0.39 is 17.7 Å². The summed E-state index contributed by atoms with van der Waals surface area (Å²) in [5.74, 6) is 1.01. The number of fused-ring (bicyclic) bond motifs is 1. The van der Waals surface area contributed by atoms with Crippen molar-refractivity contribution in [2.75, 3.05) is 65.8 Å². The van der Waals surface area contributed by atoms with E-state index in [9.17, 15) is 14.7 Å². The predicted molar refractivity (Wildman–Crippen MR) is 156 cm³/mol. The normalized spacial score (nSPS) is 20.3. The van der Waals surface area contributed by atoms with E-state index in [0.29, 0.717) is 92.8 Å². The van der Waals surface area contributed by atoms with Crippen molar-refractivity contribution in [2.45, 2.75) is 33.2 Å². The Morgan fingerprint density at radius 2 is 1.71 bits per heavy atom. The minimum atomic E-state index is -0.817. The molecule has 10 nitrogen and oxygen atoms in total. The molecule has 0 aliphatic carbocycles. The van der Waals surface area contributed by atoms with Crippen molar-refractivity contribution in [2.24, 2.45) is 5.92 Å². The van der Waals surface area contributed by atoms with Gasteiger partial charge in [-0.05, 0) is 55.2 Å². The molecule has 42 heavy (non-hydrogen) atoms. The largest absolute Gasteiger partial charge is 0.507 e. The van der Waals surface area contributed by atoms with Gasteiger partial charge in [0.2, 0.25) is 0 Å². The van der Waals surface area contributed by atoms with E-state index in [2.05, 4.69) is 18.7 Å². The lowest BCUT2D eigenvalue weighted by Crippen LogP contribution is -2.42. The molecule has 0 bridgehead atoms. The molecule has 0 saturated carbocycles. The lowest BCUT2D eigenvalue weighted by molar-refractivity contribution is -0.140. The van der Waals surface area contributed by atoms with Gasteiger partial charge in [0, 0.05) is 31.7 Å². The third kappa shape index (κ3) is 6.50. The number of Topliss-reactive ketones (excluding diaryl/α,β-unsaturated/α-hetero) is 1. The van der Waals surface area contributed by atoms with Crippen LogP contribution in [0, 0.1) is 5.92 Å². The van der Waals surface area contributed by atoms with E-state index in [1.807, 2.05) is 25.1 Å². The van der Waals surface area contributed by atoms with Gasteiger partial charge in [-0.15, -0.1) is 0 Å². The Labute approximate surface area is 246 Å². The first-order valence-electron chi connectivity index (χ1n) is 14.8. The van der Waals surface area contributed by atoms with Gasteiger partial charge in [0.15, 0.2) is 23.0 Å². The Morgan fingerprint density at radius 3 is 2.45 bits per heavy atom. The summed E-state index contributed by atoms with van der Waals surface area (Å²) in [6, 6.07) is 9.64. The van der Waals surface area contributed by atoms with Crippen LogP contribution in [0.25, 0.3) is 5.76 Å².